The van der Waals surface area contributed by atoms with Gasteiger partial charge in [-0.1, -0.05) is 30.3 Å². The van der Waals surface area contributed by atoms with Crippen LogP contribution < -0.4 is 20.1 Å². The van der Waals surface area contributed by atoms with Crippen molar-refractivity contribution in [3.8, 4) is 22.6 Å². The van der Waals surface area contributed by atoms with E-state index in [1.54, 1.807) is 30.0 Å². The molecule has 0 bridgehead atoms. The third kappa shape index (κ3) is 4.15. The number of aromatic nitrogens is 2. The molecule has 2 aromatic carbocycles. The lowest BCUT2D eigenvalue weighted by Crippen LogP contribution is -2.35. The van der Waals surface area contributed by atoms with Crippen molar-refractivity contribution in [2.45, 2.75) is 19.1 Å². The van der Waals surface area contributed by atoms with E-state index in [1.165, 1.54) is 14.2 Å². The second-order valence-corrected chi connectivity index (χ2v) is 7.27. The number of nitrogens with zero attached hydrogens (tertiary/aromatic N) is 2. The van der Waals surface area contributed by atoms with Crippen LogP contribution in [0.1, 0.15) is 18.2 Å². The van der Waals surface area contributed by atoms with Crippen LogP contribution in [0.5, 0.6) is 11.5 Å². The predicted molar refractivity (Wildman–Crippen MR) is 119 cm³/mol. The zero-order valence-corrected chi connectivity index (χ0v) is 18.0. The van der Waals surface area contributed by atoms with Crippen LogP contribution in [0.4, 0.5) is 11.5 Å². The molecule has 1 aliphatic heterocycles. The number of methoxy groups -OCH3 is 3. The number of hydrogen-bond donors (Lipinski definition) is 2. The molecule has 0 radical (unpaired) electrons. The van der Waals surface area contributed by atoms with Gasteiger partial charge in [0.25, 0.3) is 0 Å². The lowest BCUT2D eigenvalue weighted by molar-refractivity contribution is -0.125. The highest BCUT2D eigenvalue weighted by atomic mass is 16.5. The van der Waals surface area contributed by atoms with Crippen molar-refractivity contribution in [2.24, 2.45) is 0 Å². The zero-order chi connectivity index (χ0) is 22.7. The molecule has 2 N–H and O–H groups in total. The minimum atomic E-state index is -0.830. The van der Waals surface area contributed by atoms with Gasteiger partial charge in [-0.05, 0) is 5.56 Å². The summed E-state index contributed by atoms with van der Waals surface area (Å²) in [6.07, 6.45) is -0.0394. The third-order valence-electron chi connectivity index (χ3n) is 5.18. The first-order chi connectivity index (χ1) is 15.5. The number of hydrogen-bond acceptors (Lipinski definition) is 6. The van der Waals surface area contributed by atoms with Gasteiger partial charge in [0, 0.05) is 36.6 Å². The second kappa shape index (κ2) is 9.11. The summed E-state index contributed by atoms with van der Waals surface area (Å²) in [5.41, 5.74) is 2.74. The summed E-state index contributed by atoms with van der Waals surface area (Å²) >= 11 is 0. The maximum atomic E-state index is 13.2. The summed E-state index contributed by atoms with van der Waals surface area (Å²) < 4.78 is 17.4. The summed E-state index contributed by atoms with van der Waals surface area (Å²) in [6.45, 7) is 0.238. The Kier molecular flexibility index (Phi) is 6.09. The van der Waals surface area contributed by atoms with Crippen molar-refractivity contribution in [1.29, 1.82) is 0 Å². The van der Waals surface area contributed by atoms with Gasteiger partial charge < -0.3 is 24.8 Å². The van der Waals surface area contributed by atoms with Crippen LogP contribution in [0.15, 0.2) is 48.5 Å². The molecule has 32 heavy (non-hydrogen) atoms. The Labute approximate surface area is 185 Å². The van der Waals surface area contributed by atoms with Gasteiger partial charge >= 0.3 is 0 Å². The molecule has 9 nitrogen and oxygen atoms in total. The molecule has 1 aromatic heterocycles. The van der Waals surface area contributed by atoms with Gasteiger partial charge in [-0.3, -0.25) is 9.59 Å². The van der Waals surface area contributed by atoms with Gasteiger partial charge in [-0.15, -0.1) is 0 Å². The van der Waals surface area contributed by atoms with E-state index in [9.17, 15) is 9.59 Å². The van der Waals surface area contributed by atoms with E-state index in [-0.39, 0.29) is 24.8 Å². The van der Waals surface area contributed by atoms with E-state index in [1.807, 2.05) is 30.3 Å². The summed E-state index contributed by atoms with van der Waals surface area (Å²) in [4.78, 5) is 25.8. The topological polar surface area (TPSA) is 104 Å². The molecule has 0 spiro atoms. The fourth-order valence-corrected chi connectivity index (χ4v) is 3.73. The molecule has 166 valence electrons. The highest BCUT2D eigenvalue weighted by molar-refractivity contribution is 6.03. The van der Waals surface area contributed by atoms with Crippen molar-refractivity contribution in [2.75, 3.05) is 32.0 Å². The number of rotatable bonds is 7. The number of anilines is 2. The average Bonchev–Trinajstić information content (AvgIpc) is 3.16. The molecular weight excluding hydrogens is 412 g/mol. The molecule has 2 heterocycles. The van der Waals surface area contributed by atoms with Crippen molar-refractivity contribution < 1.29 is 23.8 Å². The van der Waals surface area contributed by atoms with E-state index in [0.29, 0.717) is 28.7 Å². The first kappa shape index (κ1) is 21.4. The maximum Gasteiger partial charge on any atom is 0.249 e. The van der Waals surface area contributed by atoms with E-state index in [0.717, 1.165) is 11.1 Å². The van der Waals surface area contributed by atoms with Crippen LogP contribution in [0.3, 0.4) is 0 Å². The van der Waals surface area contributed by atoms with Crippen LogP contribution in [-0.4, -0.2) is 42.9 Å². The molecule has 0 fully saturated rings. The zero-order valence-electron chi connectivity index (χ0n) is 18.0. The van der Waals surface area contributed by atoms with Gasteiger partial charge in [-0.2, -0.15) is 5.10 Å². The lowest BCUT2D eigenvalue weighted by atomic mass is 10.0. The molecule has 0 unspecified atom stereocenters. The molecular formula is C23H24N4O5. The second-order valence-electron chi connectivity index (χ2n) is 7.27. The van der Waals surface area contributed by atoms with Crippen molar-refractivity contribution in [3.05, 3.63) is 54.2 Å². The molecule has 1 aliphatic rings. The molecule has 0 saturated carbocycles. The Morgan fingerprint density at radius 2 is 1.81 bits per heavy atom. The third-order valence-corrected chi connectivity index (χ3v) is 5.18. The van der Waals surface area contributed by atoms with E-state index in [2.05, 4.69) is 15.7 Å². The molecule has 2 amide bonds. The van der Waals surface area contributed by atoms with Crippen molar-refractivity contribution in [3.63, 3.8) is 0 Å². The molecule has 0 saturated heterocycles. The van der Waals surface area contributed by atoms with Crippen LogP contribution in [-0.2, 0) is 20.9 Å². The van der Waals surface area contributed by atoms with Crippen molar-refractivity contribution >= 4 is 23.3 Å². The Morgan fingerprint density at radius 3 is 2.44 bits per heavy atom. The number of carbonyl (C=O) groups is 2. The maximum absolute atomic E-state index is 13.2. The Morgan fingerprint density at radius 1 is 1.12 bits per heavy atom. The minimum Gasteiger partial charge on any atom is -0.497 e. The Balaban J connectivity index is 1.72. The summed E-state index contributed by atoms with van der Waals surface area (Å²) in [7, 11) is 4.64. The minimum absolute atomic E-state index is 0.0394. The highest BCUT2D eigenvalue weighted by Crippen LogP contribution is 2.38. The van der Waals surface area contributed by atoms with Gasteiger partial charge in [0.2, 0.25) is 11.8 Å². The fourth-order valence-electron chi connectivity index (χ4n) is 3.73. The van der Waals surface area contributed by atoms with Gasteiger partial charge in [-0.25, -0.2) is 4.68 Å². The molecule has 9 heteroatoms. The number of fused-ring (bicyclic) bond motifs is 1. The summed E-state index contributed by atoms with van der Waals surface area (Å²) in [6, 6.07) is 13.8. The van der Waals surface area contributed by atoms with E-state index >= 15 is 0 Å². The number of ether oxygens (including phenoxy) is 3. The quantitative estimate of drug-likeness (QED) is 0.589. The van der Waals surface area contributed by atoms with Crippen LogP contribution in [0.2, 0.25) is 0 Å². The molecule has 0 aliphatic carbocycles. The van der Waals surface area contributed by atoms with Crippen LogP contribution in [0, 0.1) is 0 Å². The predicted octanol–water partition coefficient (Wildman–Crippen LogP) is 3.24. The first-order valence-corrected chi connectivity index (χ1v) is 10.0. The monoisotopic (exact) mass is 436 g/mol. The Bertz CT molecular complexity index is 1120. The summed E-state index contributed by atoms with van der Waals surface area (Å²) in [5.74, 6) is 0.913. The first-order valence-electron chi connectivity index (χ1n) is 10.0. The van der Waals surface area contributed by atoms with E-state index in [4.69, 9.17) is 14.2 Å². The lowest BCUT2D eigenvalue weighted by Gasteiger charge is -2.24. The average molecular weight is 436 g/mol. The van der Waals surface area contributed by atoms with Crippen molar-refractivity contribution in [1.82, 2.24) is 9.78 Å². The van der Waals surface area contributed by atoms with Gasteiger partial charge in [0.05, 0.1) is 32.9 Å². The van der Waals surface area contributed by atoms with Crippen LogP contribution >= 0.6 is 0 Å². The number of amides is 2. The number of carbonyl (C=O) groups excluding carboxylic acids is 2. The smallest absolute Gasteiger partial charge is 0.249 e. The molecule has 4 rings (SSSR count). The summed E-state index contributed by atoms with van der Waals surface area (Å²) in [5, 5.41) is 10.4. The molecule has 1 atom stereocenters. The Hall–Kier alpha value is -3.85. The fraction of sp³-hybridized carbons (Fsp3) is 0.261. The number of benzene rings is 2. The largest absolute Gasteiger partial charge is 0.497 e. The standard InChI is InChI=1S/C23H24N4O5/c1-30-13-18-21(14-7-5-4-6-8-14)22-25-20(28)12-19(27(22)26-18)23(29)24-15-9-16(31-2)11-17(10-15)32-3/h4-11,19H,12-13H2,1-3H3,(H,24,29)(H,25,28)/t19-/m0/s1. The van der Waals surface area contributed by atoms with E-state index < -0.39 is 6.04 Å². The number of nitrogens with one attached hydrogen (secondary N) is 2. The van der Waals surface area contributed by atoms with Gasteiger partial charge in [0.15, 0.2) is 0 Å². The SMILES string of the molecule is COCc1nn2c(c1-c1ccccc1)NC(=O)C[C@H]2C(=O)Nc1cc(OC)cc(OC)c1. The van der Waals surface area contributed by atoms with Crippen LogP contribution in [0.25, 0.3) is 11.1 Å². The molecule has 3 aromatic rings. The normalized spacial score (nSPS) is 15.0. The highest BCUT2D eigenvalue weighted by Gasteiger charge is 2.35. The van der Waals surface area contributed by atoms with Gasteiger partial charge in [0.1, 0.15) is 23.4 Å².